The first-order valence-corrected chi connectivity index (χ1v) is 6.65. The molecule has 2 N–H and O–H groups in total. The number of likely N-dealkylation sites (N-methyl/N-ethyl adjacent to an activating group) is 1. The molecule has 3 nitrogen and oxygen atoms in total. The van der Waals surface area contributed by atoms with Crippen molar-refractivity contribution in [3.05, 3.63) is 0 Å². The lowest BCUT2D eigenvalue weighted by atomic mass is 9.89. The molecule has 0 bridgehead atoms. The third-order valence-corrected chi connectivity index (χ3v) is 3.55. The van der Waals surface area contributed by atoms with Crippen LogP contribution in [0.15, 0.2) is 0 Å². The number of nitrogens with zero attached hydrogens (tertiary/aromatic N) is 1. The van der Waals surface area contributed by atoms with E-state index in [-0.39, 0.29) is 11.9 Å². The highest BCUT2D eigenvalue weighted by molar-refractivity contribution is 5.81. The Kier molecular flexibility index (Phi) is 5.81. The first-order valence-electron chi connectivity index (χ1n) is 6.65. The summed E-state index contributed by atoms with van der Waals surface area (Å²) in [6.07, 6.45) is 8.35. The molecule has 0 spiro atoms. The van der Waals surface area contributed by atoms with Crippen molar-refractivity contribution in [2.45, 2.75) is 57.9 Å². The molecule has 0 saturated heterocycles. The van der Waals surface area contributed by atoms with Crippen LogP contribution in [-0.2, 0) is 4.79 Å². The van der Waals surface area contributed by atoms with E-state index in [2.05, 4.69) is 6.92 Å². The Morgan fingerprint density at radius 1 is 1.38 bits per heavy atom. The molecule has 1 fully saturated rings. The van der Waals surface area contributed by atoms with Gasteiger partial charge in [-0.1, -0.05) is 32.6 Å². The van der Waals surface area contributed by atoms with Crippen LogP contribution < -0.4 is 5.73 Å². The summed E-state index contributed by atoms with van der Waals surface area (Å²) in [5.74, 6) is 0.823. The van der Waals surface area contributed by atoms with Crippen molar-refractivity contribution < 1.29 is 4.79 Å². The Morgan fingerprint density at radius 3 is 2.56 bits per heavy atom. The van der Waals surface area contributed by atoms with Crippen molar-refractivity contribution >= 4 is 5.91 Å². The zero-order chi connectivity index (χ0) is 12.0. The number of amides is 1. The number of carbonyl (C=O) groups excluding carboxylic acids is 1. The molecule has 3 heteroatoms. The SMILES string of the molecule is CCC[C@H](N)C(=O)N(C)CC1CCCCC1. The molecule has 0 aliphatic heterocycles. The van der Waals surface area contributed by atoms with Gasteiger partial charge < -0.3 is 10.6 Å². The molecule has 1 rings (SSSR count). The maximum Gasteiger partial charge on any atom is 0.239 e. The topological polar surface area (TPSA) is 46.3 Å². The van der Waals surface area contributed by atoms with Crippen molar-refractivity contribution in [3.8, 4) is 0 Å². The zero-order valence-electron chi connectivity index (χ0n) is 10.7. The average Bonchev–Trinajstić information content (AvgIpc) is 2.29. The van der Waals surface area contributed by atoms with Gasteiger partial charge in [-0.15, -0.1) is 0 Å². The first-order chi connectivity index (χ1) is 7.65. The van der Waals surface area contributed by atoms with E-state index in [1.165, 1.54) is 32.1 Å². The molecule has 0 radical (unpaired) electrons. The maximum absolute atomic E-state index is 11.9. The minimum Gasteiger partial charge on any atom is -0.344 e. The lowest BCUT2D eigenvalue weighted by molar-refractivity contribution is -0.132. The summed E-state index contributed by atoms with van der Waals surface area (Å²) in [4.78, 5) is 13.8. The molecule has 0 aromatic rings. The number of rotatable bonds is 5. The van der Waals surface area contributed by atoms with E-state index in [0.29, 0.717) is 5.92 Å². The molecule has 1 saturated carbocycles. The highest BCUT2D eigenvalue weighted by Gasteiger charge is 2.21. The predicted octanol–water partition coefficient (Wildman–Crippen LogP) is 2.15. The Morgan fingerprint density at radius 2 is 2.00 bits per heavy atom. The summed E-state index contributed by atoms with van der Waals surface area (Å²) >= 11 is 0. The van der Waals surface area contributed by atoms with E-state index < -0.39 is 0 Å². The largest absolute Gasteiger partial charge is 0.344 e. The molecular weight excluding hydrogens is 200 g/mol. The van der Waals surface area contributed by atoms with Crippen LogP contribution in [0.1, 0.15) is 51.9 Å². The van der Waals surface area contributed by atoms with E-state index in [4.69, 9.17) is 5.73 Å². The monoisotopic (exact) mass is 226 g/mol. The summed E-state index contributed by atoms with van der Waals surface area (Å²) in [6, 6.07) is -0.293. The van der Waals surface area contributed by atoms with Gasteiger partial charge in [-0.25, -0.2) is 0 Å². The Hall–Kier alpha value is -0.570. The van der Waals surface area contributed by atoms with E-state index in [1.54, 1.807) is 0 Å². The third kappa shape index (κ3) is 4.12. The lowest BCUT2D eigenvalue weighted by Crippen LogP contribution is -2.43. The predicted molar refractivity (Wildman–Crippen MR) is 67.1 cm³/mol. The maximum atomic E-state index is 11.9. The van der Waals surface area contributed by atoms with Gasteiger partial charge in [-0.3, -0.25) is 4.79 Å². The second kappa shape index (κ2) is 6.89. The van der Waals surface area contributed by atoms with Crippen molar-refractivity contribution in [1.82, 2.24) is 4.90 Å². The molecule has 1 amide bonds. The lowest BCUT2D eigenvalue weighted by Gasteiger charge is -2.28. The quantitative estimate of drug-likeness (QED) is 0.781. The molecule has 94 valence electrons. The summed E-state index contributed by atoms with van der Waals surface area (Å²) < 4.78 is 0. The van der Waals surface area contributed by atoms with Gasteiger partial charge in [0.05, 0.1) is 6.04 Å². The molecule has 1 aliphatic carbocycles. The normalized spacial score (nSPS) is 19.4. The van der Waals surface area contributed by atoms with Crippen molar-refractivity contribution in [1.29, 1.82) is 0 Å². The van der Waals surface area contributed by atoms with Gasteiger partial charge in [0.1, 0.15) is 0 Å². The van der Waals surface area contributed by atoms with Gasteiger partial charge in [0.2, 0.25) is 5.91 Å². The Bertz CT molecular complexity index is 212. The molecule has 0 heterocycles. The highest BCUT2D eigenvalue weighted by Crippen LogP contribution is 2.24. The van der Waals surface area contributed by atoms with Crippen LogP contribution in [0, 0.1) is 5.92 Å². The standard InChI is InChI=1S/C13H26N2O/c1-3-7-12(14)13(16)15(2)10-11-8-5-4-6-9-11/h11-12H,3-10,14H2,1-2H3/t12-/m0/s1. The van der Waals surface area contributed by atoms with Gasteiger partial charge in [-0.2, -0.15) is 0 Å². The van der Waals surface area contributed by atoms with Crippen molar-refractivity contribution in [3.63, 3.8) is 0 Å². The first kappa shape index (κ1) is 13.5. The van der Waals surface area contributed by atoms with Crippen molar-refractivity contribution in [2.24, 2.45) is 11.7 Å². The highest BCUT2D eigenvalue weighted by atomic mass is 16.2. The molecule has 1 aliphatic rings. The third-order valence-electron chi connectivity index (χ3n) is 3.55. The van der Waals surface area contributed by atoms with Crippen LogP contribution in [0.4, 0.5) is 0 Å². The Balaban J connectivity index is 2.32. The second-order valence-electron chi connectivity index (χ2n) is 5.12. The smallest absolute Gasteiger partial charge is 0.239 e. The molecule has 16 heavy (non-hydrogen) atoms. The molecule has 0 aromatic heterocycles. The number of hydrogen-bond acceptors (Lipinski definition) is 2. The van der Waals surface area contributed by atoms with E-state index >= 15 is 0 Å². The number of carbonyl (C=O) groups is 1. The molecule has 1 atom stereocenters. The fourth-order valence-corrected chi connectivity index (χ4v) is 2.56. The average molecular weight is 226 g/mol. The van der Waals surface area contributed by atoms with Crippen LogP contribution in [0.2, 0.25) is 0 Å². The van der Waals surface area contributed by atoms with Gasteiger partial charge in [0.15, 0.2) is 0 Å². The zero-order valence-corrected chi connectivity index (χ0v) is 10.7. The fourth-order valence-electron chi connectivity index (χ4n) is 2.56. The van der Waals surface area contributed by atoms with Crippen LogP contribution in [0.3, 0.4) is 0 Å². The molecule has 0 unspecified atom stereocenters. The summed E-state index contributed by atoms with van der Waals surface area (Å²) in [5, 5.41) is 0. The van der Waals surface area contributed by atoms with E-state index in [0.717, 1.165) is 19.4 Å². The number of hydrogen-bond donors (Lipinski definition) is 1. The van der Waals surface area contributed by atoms with Gasteiger partial charge in [0, 0.05) is 13.6 Å². The minimum atomic E-state index is -0.293. The minimum absolute atomic E-state index is 0.118. The van der Waals surface area contributed by atoms with Crippen molar-refractivity contribution in [2.75, 3.05) is 13.6 Å². The second-order valence-corrected chi connectivity index (χ2v) is 5.12. The van der Waals surface area contributed by atoms with Gasteiger partial charge >= 0.3 is 0 Å². The van der Waals surface area contributed by atoms with Crippen LogP contribution in [0.25, 0.3) is 0 Å². The molecular formula is C13H26N2O. The van der Waals surface area contributed by atoms with E-state index in [9.17, 15) is 4.79 Å². The van der Waals surface area contributed by atoms with Crippen LogP contribution >= 0.6 is 0 Å². The summed E-state index contributed by atoms with van der Waals surface area (Å²) in [5.41, 5.74) is 5.84. The van der Waals surface area contributed by atoms with Gasteiger partial charge in [0.25, 0.3) is 0 Å². The Labute approximate surface area is 99.4 Å². The molecule has 0 aromatic carbocycles. The summed E-state index contributed by atoms with van der Waals surface area (Å²) in [6.45, 7) is 2.96. The van der Waals surface area contributed by atoms with Gasteiger partial charge in [-0.05, 0) is 25.2 Å². The van der Waals surface area contributed by atoms with Crippen LogP contribution in [-0.4, -0.2) is 30.4 Å². The summed E-state index contributed by atoms with van der Waals surface area (Å²) in [7, 11) is 1.90. The number of nitrogens with two attached hydrogens (primary N) is 1. The van der Waals surface area contributed by atoms with Crippen LogP contribution in [0.5, 0.6) is 0 Å². The fraction of sp³-hybridized carbons (Fsp3) is 0.923. The van der Waals surface area contributed by atoms with E-state index in [1.807, 2.05) is 11.9 Å².